The van der Waals surface area contributed by atoms with Gasteiger partial charge >= 0.3 is 0 Å². The number of nitrogens with zero attached hydrogens (tertiary/aromatic N) is 1. The van der Waals surface area contributed by atoms with Crippen LogP contribution in [0.5, 0.6) is 0 Å². The quantitative estimate of drug-likeness (QED) is 0.712. The first-order valence-electron chi connectivity index (χ1n) is 8.50. The fourth-order valence-corrected chi connectivity index (χ4v) is 3.50. The molecule has 154 valence electrons. The summed E-state index contributed by atoms with van der Waals surface area (Å²) in [5.41, 5.74) is 8.76. The smallest absolute Gasteiger partial charge is 0.0821 e. The van der Waals surface area contributed by atoms with Crippen molar-refractivity contribution in [3.63, 3.8) is 0 Å². The third kappa shape index (κ3) is 8.02. The maximum Gasteiger partial charge on any atom is 0.0821 e. The molecular weight excluding hydrogens is 399 g/mol. The summed E-state index contributed by atoms with van der Waals surface area (Å²) < 4.78 is 0. The van der Waals surface area contributed by atoms with Crippen LogP contribution in [-0.4, -0.2) is 35.2 Å². The van der Waals surface area contributed by atoms with Gasteiger partial charge in [-0.05, 0) is 36.9 Å². The molecule has 0 aromatic heterocycles. The number of halogens is 2. The molecule has 1 aliphatic rings. The minimum atomic E-state index is -0.500. The molecule has 1 heterocycles. The molecule has 6 heteroatoms. The lowest BCUT2D eigenvalue weighted by atomic mass is 10.0. The molecule has 0 spiro atoms. The van der Waals surface area contributed by atoms with Crippen LogP contribution in [-0.2, 0) is 6.42 Å². The highest BCUT2D eigenvalue weighted by Crippen LogP contribution is 2.31. The van der Waals surface area contributed by atoms with E-state index in [1.165, 1.54) is 17.5 Å². The zero-order valence-electron chi connectivity index (χ0n) is 14.8. The van der Waals surface area contributed by atoms with E-state index in [4.69, 9.17) is 5.73 Å². The van der Waals surface area contributed by atoms with E-state index >= 15 is 0 Å². The van der Waals surface area contributed by atoms with Crippen LogP contribution in [0.1, 0.15) is 37.4 Å². The lowest BCUT2D eigenvalue weighted by molar-refractivity contribution is 0.0851. The minimum Gasteiger partial charge on any atom is -0.390 e. The Morgan fingerprint density at radius 2 is 1.56 bits per heavy atom. The molecule has 0 aliphatic carbocycles. The number of aliphatic hydroxyl groups is 1. The van der Waals surface area contributed by atoms with Crippen LogP contribution in [0.3, 0.4) is 0 Å². The van der Waals surface area contributed by atoms with Crippen molar-refractivity contribution in [2.24, 2.45) is 5.73 Å². The van der Waals surface area contributed by atoms with Crippen molar-refractivity contribution in [2.75, 3.05) is 13.1 Å². The van der Waals surface area contributed by atoms with Gasteiger partial charge in [0, 0.05) is 18.6 Å². The Kier molecular flexibility index (Phi) is 15.0. The van der Waals surface area contributed by atoms with Crippen molar-refractivity contribution >= 4 is 38.3 Å². The predicted molar refractivity (Wildman–Crippen MR) is 126 cm³/mol. The zero-order valence-corrected chi connectivity index (χ0v) is 17.5. The standard InChI is InChI=1S/C20H26N2O.CH4.2ClH.H2S/c21-18(14-16-8-3-1-4-9-16)20(23)15-22-13-7-12-19(22)17-10-5-2-6-11-17;;;;/h1-6,8-11,18-20,23H,7,12-15,21H2;1H4;2*1H;1H2/t18-,19?,20+;;;;/m1..../s1. The maximum atomic E-state index is 10.5. The molecule has 3 N–H and O–H groups in total. The Labute approximate surface area is 183 Å². The van der Waals surface area contributed by atoms with Crippen molar-refractivity contribution < 1.29 is 5.11 Å². The predicted octanol–water partition coefficient (Wildman–Crippen LogP) is 4.35. The lowest BCUT2D eigenvalue weighted by Crippen LogP contribution is -2.44. The molecule has 3 rings (SSSR count). The number of β-amino-alcohol motifs (C(OH)–C–C–N with tert-alkyl or cyclic N) is 1. The summed E-state index contributed by atoms with van der Waals surface area (Å²) in [6, 6.07) is 20.9. The minimum absolute atomic E-state index is 0. The number of benzene rings is 2. The van der Waals surface area contributed by atoms with E-state index < -0.39 is 6.10 Å². The molecule has 0 amide bonds. The van der Waals surface area contributed by atoms with Gasteiger partial charge in [0.2, 0.25) is 0 Å². The molecule has 1 saturated heterocycles. The number of rotatable bonds is 6. The topological polar surface area (TPSA) is 49.5 Å². The molecular formula is C21H34Cl2N2OS. The monoisotopic (exact) mass is 432 g/mol. The normalized spacial score (nSPS) is 18.1. The summed E-state index contributed by atoms with van der Waals surface area (Å²) in [5, 5.41) is 10.5. The fraction of sp³-hybridized carbons (Fsp3) is 0.429. The highest BCUT2D eigenvalue weighted by atomic mass is 35.5. The van der Waals surface area contributed by atoms with Crippen molar-refractivity contribution in [1.82, 2.24) is 4.90 Å². The Morgan fingerprint density at radius 3 is 2.15 bits per heavy atom. The summed E-state index contributed by atoms with van der Waals surface area (Å²) in [5.74, 6) is 0. The SMILES string of the molecule is C.Cl.Cl.N[C@H](Cc1ccccc1)[C@@H](O)CN1CCCC1c1ccccc1.S. The Morgan fingerprint density at radius 1 is 1.00 bits per heavy atom. The van der Waals surface area contributed by atoms with Gasteiger partial charge in [-0.25, -0.2) is 0 Å². The number of aliphatic hydroxyl groups excluding tert-OH is 1. The molecule has 1 aliphatic heterocycles. The van der Waals surface area contributed by atoms with Gasteiger partial charge in [-0.1, -0.05) is 68.1 Å². The summed E-state index contributed by atoms with van der Waals surface area (Å²) in [6.45, 7) is 1.68. The van der Waals surface area contributed by atoms with E-state index in [1.807, 2.05) is 24.3 Å². The first-order valence-corrected chi connectivity index (χ1v) is 8.50. The number of hydrogen-bond acceptors (Lipinski definition) is 3. The van der Waals surface area contributed by atoms with Gasteiger partial charge in [0.25, 0.3) is 0 Å². The van der Waals surface area contributed by atoms with Crippen LogP contribution in [0.4, 0.5) is 0 Å². The van der Waals surface area contributed by atoms with Crippen LogP contribution in [0.2, 0.25) is 0 Å². The molecule has 3 atom stereocenters. The molecule has 2 aromatic rings. The van der Waals surface area contributed by atoms with E-state index in [0.717, 1.165) is 13.0 Å². The molecule has 27 heavy (non-hydrogen) atoms. The number of likely N-dealkylation sites (tertiary alicyclic amines) is 1. The van der Waals surface area contributed by atoms with Crippen LogP contribution in [0, 0.1) is 0 Å². The molecule has 1 unspecified atom stereocenters. The van der Waals surface area contributed by atoms with Crippen LogP contribution >= 0.6 is 38.3 Å². The van der Waals surface area contributed by atoms with E-state index in [9.17, 15) is 5.11 Å². The Hall–Kier alpha value is -0.750. The first-order chi connectivity index (χ1) is 11.2. The molecule has 0 bridgehead atoms. The lowest BCUT2D eigenvalue weighted by Gasteiger charge is -2.29. The van der Waals surface area contributed by atoms with Gasteiger partial charge in [-0.15, -0.1) is 24.8 Å². The van der Waals surface area contributed by atoms with Crippen LogP contribution in [0.15, 0.2) is 60.7 Å². The van der Waals surface area contributed by atoms with Crippen molar-refractivity contribution in [2.45, 2.75) is 44.9 Å². The zero-order chi connectivity index (χ0) is 16.1. The second kappa shape index (κ2) is 14.3. The third-order valence-electron chi connectivity index (χ3n) is 4.78. The van der Waals surface area contributed by atoms with E-state index in [1.54, 1.807) is 0 Å². The second-order valence-electron chi connectivity index (χ2n) is 6.48. The van der Waals surface area contributed by atoms with Gasteiger partial charge < -0.3 is 10.8 Å². The second-order valence-corrected chi connectivity index (χ2v) is 6.48. The Bertz CT molecular complexity index is 604. The third-order valence-corrected chi connectivity index (χ3v) is 4.78. The van der Waals surface area contributed by atoms with Crippen molar-refractivity contribution in [3.05, 3.63) is 71.8 Å². The average molecular weight is 433 g/mol. The van der Waals surface area contributed by atoms with Gasteiger partial charge in [0.1, 0.15) is 0 Å². The van der Waals surface area contributed by atoms with Crippen LogP contribution in [0.25, 0.3) is 0 Å². The fourth-order valence-electron chi connectivity index (χ4n) is 3.50. The number of hydrogen-bond donors (Lipinski definition) is 2. The molecule has 0 radical (unpaired) electrons. The maximum absolute atomic E-state index is 10.5. The van der Waals surface area contributed by atoms with Crippen molar-refractivity contribution in [1.29, 1.82) is 0 Å². The summed E-state index contributed by atoms with van der Waals surface area (Å²) >= 11 is 0. The van der Waals surface area contributed by atoms with Gasteiger partial charge in [0.05, 0.1) is 6.10 Å². The number of nitrogens with two attached hydrogens (primary N) is 1. The van der Waals surface area contributed by atoms with Gasteiger partial charge in [-0.2, -0.15) is 13.5 Å². The highest BCUT2D eigenvalue weighted by molar-refractivity contribution is 7.59. The summed E-state index contributed by atoms with van der Waals surface area (Å²) in [4.78, 5) is 2.38. The molecule has 2 aromatic carbocycles. The molecule has 3 nitrogen and oxygen atoms in total. The van der Waals surface area contributed by atoms with Gasteiger partial charge in [0.15, 0.2) is 0 Å². The molecule has 0 saturated carbocycles. The largest absolute Gasteiger partial charge is 0.390 e. The summed E-state index contributed by atoms with van der Waals surface area (Å²) in [6.07, 6.45) is 2.55. The van der Waals surface area contributed by atoms with E-state index in [-0.39, 0.29) is 51.8 Å². The highest BCUT2D eigenvalue weighted by Gasteiger charge is 2.29. The van der Waals surface area contributed by atoms with Crippen molar-refractivity contribution in [3.8, 4) is 0 Å². The first kappa shape index (κ1) is 28.5. The van der Waals surface area contributed by atoms with E-state index in [0.29, 0.717) is 19.0 Å². The Balaban J connectivity index is 0. The molecule has 1 fully saturated rings. The summed E-state index contributed by atoms with van der Waals surface area (Å²) in [7, 11) is 0. The average Bonchev–Trinajstić information content (AvgIpc) is 3.04. The van der Waals surface area contributed by atoms with E-state index in [2.05, 4.69) is 41.3 Å². The van der Waals surface area contributed by atoms with Crippen LogP contribution < -0.4 is 5.73 Å². The van der Waals surface area contributed by atoms with Gasteiger partial charge in [-0.3, -0.25) is 4.90 Å².